The Morgan fingerprint density at radius 3 is 2.58 bits per heavy atom. The van der Waals surface area contributed by atoms with Crippen molar-refractivity contribution in [1.29, 1.82) is 5.41 Å². The van der Waals surface area contributed by atoms with Crippen LogP contribution in [0.3, 0.4) is 0 Å². The molecule has 1 heterocycles. The first-order valence-corrected chi connectivity index (χ1v) is 11.3. The molecule has 0 aliphatic heterocycles. The number of carbonyl (C=O) groups excluding carboxylic acids is 1. The minimum Gasteiger partial charge on any atom is -0.495 e. The van der Waals surface area contributed by atoms with Crippen LogP contribution >= 0.6 is 23.4 Å². The summed E-state index contributed by atoms with van der Waals surface area (Å²) in [4.78, 5) is 17.1. The molecule has 2 aromatic rings. The summed E-state index contributed by atoms with van der Waals surface area (Å²) in [5, 5.41) is 11.8. The van der Waals surface area contributed by atoms with Crippen molar-refractivity contribution in [2.75, 3.05) is 13.4 Å². The maximum absolute atomic E-state index is 13.6. The molecule has 1 aromatic heterocycles. The summed E-state index contributed by atoms with van der Waals surface area (Å²) in [6.45, 7) is 3.69. The zero-order valence-electron chi connectivity index (χ0n) is 18.8. The second-order valence-electron chi connectivity index (χ2n) is 7.66. The van der Waals surface area contributed by atoms with Crippen LogP contribution in [-0.4, -0.2) is 46.9 Å². The zero-order chi connectivity index (χ0) is 25.0. The van der Waals surface area contributed by atoms with Gasteiger partial charge >= 0.3 is 5.92 Å². The van der Waals surface area contributed by atoms with Crippen LogP contribution in [0.25, 0.3) is 10.9 Å². The number of benzene rings is 1. The van der Waals surface area contributed by atoms with Gasteiger partial charge in [0.2, 0.25) is 5.44 Å². The number of ether oxygens (including phenoxy) is 2. The van der Waals surface area contributed by atoms with Gasteiger partial charge in [0, 0.05) is 36.2 Å². The van der Waals surface area contributed by atoms with Crippen LogP contribution in [0.2, 0.25) is 5.02 Å². The molecule has 1 amide bonds. The van der Waals surface area contributed by atoms with Gasteiger partial charge in [-0.15, -0.1) is 18.2 Å². The van der Waals surface area contributed by atoms with Crippen molar-refractivity contribution in [3.8, 4) is 18.1 Å². The van der Waals surface area contributed by atoms with Gasteiger partial charge in [0.15, 0.2) is 5.76 Å². The van der Waals surface area contributed by atoms with Gasteiger partial charge in [-0.1, -0.05) is 17.5 Å². The van der Waals surface area contributed by atoms with Crippen molar-refractivity contribution >= 4 is 45.9 Å². The molecule has 0 saturated carbocycles. The molecule has 1 aromatic carbocycles. The first-order chi connectivity index (χ1) is 15.3. The minimum atomic E-state index is -3.27. The molecule has 2 N–H and O–H groups in total. The molecule has 0 radical (unpaired) electrons. The van der Waals surface area contributed by atoms with E-state index in [1.54, 1.807) is 18.4 Å². The van der Waals surface area contributed by atoms with E-state index in [9.17, 15) is 13.6 Å². The predicted octanol–water partition coefficient (Wildman–Crippen LogP) is 5.04. The molecule has 0 bridgehead atoms. The van der Waals surface area contributed by atoms with Crippen LogP contribution in [0.4, 0.5) is 8.78 Å². The van der Waals surface area contributed by atoms with E-state index in [1.807, 2.05) is 0 Å². The summed E-state index contributed by atoms with van der Waals surface area (Å²) < 4.78 is 37.7. The van der Waals surface area contributed by atoms with Crippen LogP contribution in [-0.2, 0) is 9.53 Å². The molecule has 0 aliphatic carbocycles. The summed E-state index contributed by atoms with van der Waals surface area (Å²) >= 11 is 7.41. The highest BCUT2D eigenvalue weighted by molar-refractivity contribution is 7.99. The monoisotopic (exact) mass is 495 g/mol. The van der Waals surface area contributed by atoms with E-state index in [0.29, 0.717) is 34.2 Å². The number of nitrogens with zero attached hydrogens (tertiary/aromatic N) is 1. The lowest BCUT2D eigenvalue weighted by Gasteiger charge is -2.28. The molecule has 1 atom stereocenters. The number of hydrogen-bond acceptors (Lipinski definition) is 6. The van der Waals surface area contributed by atoms with Gasteiger partial charge in [-0.25, -0.2) is 0 Å². The number of terminal acetylenes is 1. The van der Waals surface area contributed by atoms with Crippen LogP contribution in [0.5, 0.6) is 5.75 Å². The van der Waals surface area contributed by atoms with Crippen molar-refractivity contribution in [1.82, 2.24) is 10.3 Å². The molecule has 10 heteroatoms. The molecular formula is C23H24ClF2N3O3S. The van der Waals surface area contributed by atoms with E-state index in [0.717, 1.165) is 24.9 Å². The third kappa shape index (κ3) is 6.59. The van der Waals surface area contributed by atoms with Gasteiger partial charge in [0.05, 0.1) is 28.9 Å². The van der Waals surface area contributed by atoms with E-state index in [-0.39, 0.29) is 5.71 Å². The Hall–Kier alpha value is -2.83. The number of allylic oxidation sites excluding steroid dienone is 1. The highest BCUT2D eigenvalue weighted by atomic mass is 35.5. The zero-order valence-corrected chi connectivity index (χ0v) is 20.3. The highest BCUT2D eigenvalue weighted by Gasteiger charge is 2.34. The first-order valence-electron chi connectivity index (χ1n) is 9.62. The van der Waals surface area contributed by atoms with Crippen LogP contribution in [0, 0.1) is 17.8 Å². The number of thioether (sulfide) groups is 1. The van der Waals surface area contributed by atoms with E-state index >= 15 is 0 Å². The Balaban J connectivity index is 2.24. The summed E-state index contributed by atoms with van der Waals surface area (Å²) in [6.07, 6.45) is 9.52. The second kappa shape index (κ2) is 10.4. The number of amides is 1. The number of aromatic nitrogens is 1. The largest absolute Gasteiger partial charge is 0.495 e. The Labute approximate surface area is 200 Å². The van der Waals surface area contributed by atoms with Gasteiger partial charge in [0.25, 0.3) is 5.91 Å². The van der Waals surface area contributed by atoms with Crippen molar-refractivity contribution < 1.29 is 23.0 Å². The molecule has 0 fully saturated rings. The summed E-state index contributed by atoms with van der Waals surface area (Å²) in [5.74, 6) is -1.69. The number of methoxy groups -OCH3 is 1. The molecule has 1 unspecified atom stereocenters. The van der Waals surface area contributed by atoms with Gasteiger partial charge in [0.1, 0.15) is 5.75 Å². The molecule has 0 aliphatic rings. The number of fused-ring (bicyclic) bond motifs is 1. The lowest BCUT2D eigenvalue weighted by Crippen LogP contribution is -2.52. The number of carbonyl (C=O) groups is 1. The number of pyridine rings is 1. The normalized spacial score (nSPS) is 13.2. The number of nitrogens with one attached hydrogen (secondary N) is 2. The van der Waals surface area contributed by atoms with E-state index in [1.165, 1.54) is 26.1 Å². The average molecular weight is 496 g/mol. The maximum atomic E-state index is 13.6. The first kappa shape index (κ1) is 26.4. The Kier molecular flexibility index (Phi) is 8.33. The van der Waals surface area contributed by atoms with Gasteiger partial charge in [-0.2, -0.15) is 8.78 Å². The molecule has 0 saturated heterocycles. The Morgan fingerprint density at radius 2 is 2.03 bits per heavy atom. The van der Waals surface area contributed by atoms with Crippen LogP contribution in [0.15, 0.2) is 36.2 Å². The van der Waals surface area contributed by atoms with Crippen molar-refractivity contribution in [2.24, 2.45) is 0 Å². The summed E-state index contributed by atoms with van der Waals surface area (Å²) in [6, 6.07) is 4.92. The minimum absolute atomic E-state index is 0.268. The fourth-order valence-electron chi connectivity index (χ4n) is 2.77. The molecule has 33 heavy (non-hydrogen) atoms. The maximum Gasteiger partial charge on any atom is 0.301 e. The smallest absolute Gasteiger partial charge is 0.301 e. The second-order valence-corrected chi connectivity index (χ2v) is 8.97. The van der Waals surface area contributed by atoms with Crippen molar-refractivity contribution in [3.63, 3.8) is 0 Å². The lowest BCUT2D eigenvalue weighted by atomic mass is 9.97. The molecule has 176 valence electrons. The van der Waals surface area contributed by atoms with Gasteiger partial charge in [-0.3, -0.25) is 9.78 Å². The number of rotatable bonds is 9. The number of halogens is 3. The topological polar surface area (TPSA) is 84.3 Å². The molecule has 6 nitrogen and oxygen atoms in total. The fraction of sp³-hybridized carbons (Fsp3) is 0.348. The SMILES string of the molecule is C#Cc1cnc2c(Cl)cc(OC(SC)C(=O)NC(C)(C)C(=N)/C=C(\OC)C(C)(F)F)cc2c1. The molecule has 0 spiro atoms. The number of alkyl halides is 2. The van der Waals surface area contributed by atoms with Crippen LogP contribution < -0.4 is 10.1 Å². The van der Waals surface area contributed by atoms with Crippen molar-refractivity contribution in [2.45, 2.75) is 37.7 Å². The van der Waals surface area contributed by atoms with Crippen molar-refractivity contribution in [3.05, 3.63) is 46.8 Å². The number of hydrogen-bond donors (Lipinski definition) is 2. The van der Waals surface area contributed by atoms with E-state index in [2.05, 4.69) is 16.2 Å². The fourth-order valence-corrected chi connectivity index (χ4v) is 3.52. The summed E-state index contributed by atoms with van der Waals surface area (Å²) in [7, 11) is 1.09. The third-order valence-electron chi connectivity index (χ3n) is 4.59. The lowest BCUT2D eigenvalue weighted by molar-refractivity contribution is -0.125. The quantitative estimate of drug-likeness (QED) is 0.220. The van der Waals surface area contributed by atoms with Gasteiger partial charge < -0.3 is 20.2 Å². The predicted molar refractivity (Wildman–Crippen MR) is 128 cm³/mol. The Bertz CT molecular complexity index is 1140. The average Bonchev–Trinajstić information content (AvgIpc) is 2.73. The van der Waals surface area contributed by atoms with Crippen LogP contribution in [0.1, 0.15) is 26.3 Å². The molecular weight excluding hydrogens is 472 g/mol. The molecule has 2 rings (SSSR count). The van der Waals surface area contributed by atoms with Gasteiger partial charge in [-0.05, 0) is 32.2 Å². The Morgan fingerprint density at radius 1 is 1.36 bits per heavy atom. The highest BCUT2D eigenvalue weighted by Crippen LogP contribution is 2.30. The standard InChI is InChI=1S/C23H24ClF2N3O3S/c1-7-13-8-14-9-15(10-16(24)19(14)28-12-13)32-21(33-6)20(30)29-22(2,3)17(27)11-18(31-5)23(4,25)26/h1,8-12,21,27H,2-6H3,(H,29,30)/b18-11-,27-17?. The third-order valence-corrected chi connectivity index (χ3v) is 5.61. The van der Waals surface area contributed by atoms with E-state index < -0.39 is 28.6 Å². The van der Waals surface area contributed by atoms with E-state index in [4.69, 9.17) is 32.9 Å². The summed E-state index contributed by atoms with van der Waals surface area (Å²) in [5.41, 5.74) is -1.45.